The Bertz CT molecular complexity index is 1090. The largest absolute Gasteiger partial charge is 0.486 e. The second kappa shape index (κ2) is 7.63. The summed E-state index contributed by atoms with van der Waals surface area (Å²) < 4.78 is 60.7. The first-order chi connectivity index (χ1) is 14.2. The number of ether oxygens (including phenoxy) is 1. The molecule has 1 amide bonds. The van der Waals surface area contributed by atoms with Crippen LogP contribution in [0.15, 0.2) is 41.3 Å². The average molecular weight is 436 g/mol. The summed E-state index contributed by atoms with van der Waals surface area (Å²) in [5.74, 6) is -3.02. The van der Waals surface area contributed by atoms with E-state index in [0.717, 1.165) is 11.6 Å². The fourth-order valence-electron chi connectivity index (χ4n) is 3.98. The molecule has 1 saturated heterocycles. The van der Waals surface area contributed by atoms with Crippen LogP contribution in [0.2, 0.25) is 0 Å². The Hall–Kier alpha value is -2.52. The van der Waals surface area contributed by atoms with E-state index in [1.165, 1.54) is 27.4 Å². The lowest BCUT2D eigenvalue weighted by molar-refractivity contribution is -0.122. The van der Waals surface area contributed by atoms with Crippen molar-refractivity contribution in [2.75, 3.05) is 18.1 Å². The lowest BCUT2D eigenvalue weighted by atomic mass is 10.1. The quantitative estimate of drug-likeness (QED) is 0.741. The van der Waals surface area contributed by atoms with E-state index in [-0.39, 0.29) is 29.5 Å². The van der Waals surface area contributed by atoms with Crippen LogP contribution in [0.25, 0.3) is 0 Å². The van der Waals surface area contributed by atoms with Crippen molar-refractivity contribution < 1.29 is 26.7 Å². The standard InChI is InChI=1S/C21H22F2N2O4S/c1-13-5-7-15(8-6-13)30(27,28)24-11-3-4-18(24)21(26)25-14(2)12-29-20-17(25)10-9-16(22)19(20)23/h5-10,14,18H,3-4,11-12H2,1-2H3/t14-,18?/m0/s1. The number of halogens is 2. The van der Waals surface area contributed by atoms with Crippen molar-refractivity contribution in [3.8, 4) is 5.75 Å². The van der Waals surface area contributed by atoms with E-state index in [2.05, 4.69) is 0 Å². The van der Waals surface area contributed by atoms with Crippen LogP contribution in [-0.2, 0) is 14.8 Å². The topological polar surface area (TPSA) is 66.9 Å². The molecule has 1 unspecified atom stereocenters. The minimum atomic E-state index is -3.88. The third kappa shape index (κ3) is 3.35. The molecule has 0 saturated carbocycles. The fraction of sp³-hybridized carbons (Fsp3) is 0.381. The van der Waals surface area contributed by atoms with Crippen molar-refractivity contribution in [3.05, 3.63) is 53.6 Å². The Balaban J connectivity index is 1.69. The number of fused-ring (bicyclic) bond motifs is 1. The summed E-state index contributed by atoms with van der Waals surface area (Å²) in [5.41, 5.74) is 1.04. The Morgan fingerprint density at radius 2 is 1.83 bits per heavy atom. The second-order valence-electron chi connectivity index (χ2n) is 7.66. The highest BCUT2D eigenvalue weighted by Crippen LogP contribution is 2.39. The SMILES string of the molecule is Cc1ccc(S(=O)(=O)N2CCCC2C(=O)N2c3ccc(F)c(F)c3OC[C@@H]2C)cc1. The van der Waals surface area contributed by atoms with Crippen LogP contribution < -0.4 is 9.64 Å². The molecule has 4 rings (SSSR count). The summed E-state index contributed by atoms with van der Waals surface area (Å²) in [4.78, 5) is 14.9. The molecular formula is C21H22F2N2O4S. The van der Waals surface area contributed by atoms with E-state index in [9.17, 15) is 22.0 Å². The first-order valence-corrected chi connectivity index (χ1v) is 11.2. The van der Waals surface area contributed by atoms with Gasteiger partial charge in [-0.15, -0.1) is 0 Å². The minimum absolute atomic E-state index is 0.0173. The van der Waals surface area contributed by atoms with Gasteiger partial charge < -0.3 is 9.64 Å². The third-order valence-corrected chi connectivity index (χ3v) is 7.47. The Kier molecular flexibility index (Phi) is 5.27. The average Bonchev–Trinajstić information content (AvgIpc) is 3.21. The van der Waals surface area contributed by atoms with Crippen molar-refractivity contribution in [2.45, 2.75) is 43.7 Å². The molecule has 0 aromatic heterocycles. The number of benzene rings is 2. The van der Waals surface area contributed by atoms with Gasteiger partial charge in [0, 0.05) is 6.54 Å². The number of hydrogen-bond acceptors (Lipinski definition) is 4. The number of aryl methyl sites for hydroxylation is 1. The molecule has 2 heterocycles. The van der Waals surface area contributed by atoms with Gasteiger partial charge in [0.2, 0.25) is 21.7 Å². The van der Waals surface area contributed by atoms with Gasteiger partial charge in [-0.25, -0.2) is 12.8 Å². The normalized spacial score (nSPS) is 21.9. The van der Waals surface area contributed by atoms with Gasteiger partial charge in [0.15, 0.2) is 11.6 Å². The number of sulfonamides is 1. The number of carbonyl (C=O) groups is 1. The highest BCUT2D eigenvalue weighted by atomic mass is 32.2. The van der Waals surface area contributed by atoms with Gasteiger partial charge in [-0.3, -0.25) is 4.79 Å². The van der Waals surface area contributed by atoms with Crippen LogP contribution in [0, 0.1) is 18.6 Å². The maximum atomic E-state index is 14.2. The molecule has 0 aliphatic carbocycles. The zero-order valence-electron chi connectivity index (χ0n) is 16.6. The van der Waals surface area contributed by atoms with Crippen molar-refractivity contribution in [1.29, 1.82) is 0 Å². The maximum Gasteiger partial charge on any atom is 0.245 e. The second-order valence-corrected chi connectivity index (χ2v) is 9.56. The van der Waals surface area contributed by atoms with Crippen LogP contribution >= 0.6 is 0 Å². The van der Waals surface area contributed by atoms with Gasteiger partial charge >= 0.3 is 0 Å². The highest BCUT2D eigenvalue weighted by molar-refractivity contribution is 7.89. The zero-order chi connectivity index (χ0) is 21.6. The Morgan fingerprint density at radius 1 is 1.13 bits per heavy atom. The Labute approximate surface area is 174 Å². The van der Waals surface area contributed by atoms with Crippen molar-refractivity contribution >= 4 is 21.6 Å². The molecule has 9 heteroatoms. The van der Waals surface area contributed by atoms with Crippen LogP contribution in [0.1, 0.15) is 25.3 Å². The third-order valence-electron chi connectivity index (χ3n) is 5.55. The molecule has 0 bridgehead atoms. The maximum absolute atomic E-state index is 14.2. The summed E-state index contributed by atoms with van der Waals surface area (Å²) in [6, 6.07) is 7.30. The monoisotopic (exact) mass is 436 g/mol. The van der Waals surface area contributed by atoms with E-state index in [1.54, 1.807) is 19.1 Å². The summed E-state index contributed by atoms with van der Waals surface area (Å²) in [5, 5.41) is 0. The molecular weight excluding hydrogens is 414 g/mol. The van der Waals surface area contributed by atoms with Gasteiger partial charge in [0.25, 0.3) is 0 Å². The number of nitrogens with zero attached hydrogens (tertiary/aromatic N) is 2. The minimum Gasteiger partial charge on any atom is -0.486 e. The predicted molar refractivity (Wildman–Crippen MR) is 107 cm³/mol. The molecule has 2 atom stereocenters. The molecule has 6 nitrogen and oxygen atoms in total. The fourth-order valence-corrected chi connectivity index (χ4v) is 5.63. The molecule has 2 aliphatic rings. The molecule has 2 aliphatic heterocycles. The summed E-state index contributed by atoms with van der Waals surface area (Å²) in [7, 11) is -3.88. The van der Waals surface area contributed by atoms with Gasteiger partial charge in [0.05, 0.1) is 16.6 Å². The smallest absolute Gasteiger partial charge is 0.245 e. The van der Waals surface area contributed by atoms with E-state index in [0.29, 0.717) is 12.8 Å². The molecule has 0 spiro atoms. The van der Waals surface area contributed by atoms with Crippen molar-refractivity contribution in [1.82, 2.24) is 4.31 Å². The molecule has 2 aromatic carbocycles. The summed E-state index contributed by atoms with van der Waals surface area (Å²) in [6.45, 7) is 3.78. The van der Waals surface area contributed by atoms with Gasteiger partial charge in [-0.05, 0) is 51.0 Å². The zero-order valence-corrected chi connectivity index (χ0v) is 17.5. The van der Waals surface area contributed by atoms with Crippen LogP contribution in [0.5, 0.6) is 5.75 Å². The molecule has 2 aromatic rings. The number of carbonyl (C=O) groups excluding carboxylic acids is 1. The summed E-state index contributed by atoms with van der Waals surface area (Å²) >= 11 is 0. The summed E-state index contributed by atoms with van der Waals surface area (Å²) in [6.07, 6.45) is 0.887. The van der Waals surface area contributed by atoms with Gasteiger partial charge in [-0.1, -0.05) is 17.7 Å². The van der Waals surface area contributed by atoms with Crippen molar-refractivity contribution in [2.24, 2.45) is 0 Å². The number of hydrogen-bond donors (Lipinski definition) is 0. The molecule has 1 fully saturated rings. The predicted octanol–water partition coefficient (Wildman–Crippen LogP) is 3.24. The lowest BCUT2D eigenvalue weighted by Crippen LogP contribution is -2.53. The van der Waals surface area contributed by atoms with Crippen LogP contribution in [0.4, 0.5) is 14.5 Å². The van der Waals surface area contributed by atoms with E-state index in [1.807, 2.05) is 6.92 Å². The number of rotatable bonds is 3. The van der Waals surface area contributed by atoms with Crippen LogP contribution in [0.3, 0.4) is 0 Å². The number of amides is 1. The van der Waals surface area contributed by atoms with Crippen LogP contribution in [-0.4, -0.2) is 43.9 Å². The molecule has 0 N–H and O–H groups in total. The van der Waals surface area contributed by atoms with E-state index in [4.69, 9.17) is 4.74 Å². The Morgan fingerprint density at radius 3 is 2.53 bits per heavy atom. The molecule has 0 radical (unpaired) electrons. The number of anilines is 1. The van der Waals surface area contributed by atoms with E-state index < -0.39 is 39.6 Å². The highest BCUT2D eigenvalue weighted by Gasteiger charge is 2.44. The van der Waals surface area contributed by atoms with Crippen molar-refractivity contribution in [3.63, 3.8) is 0 Å². The lowest BCUT2D eigenvalue weighted by Gasteiger charge is -2.38. The van der Waals surface area contributed by atoms with Gasteiger partial charge in [-0.2, -0.15) is 8.70 Å². The molecule has 30 heavy (non-hydrogen) atoms. The van der Waals surface area contributed by atoms with E-state index >= 15 is 0 Å². The molecule has 160 valence electrons. The first-order valence-electron chi connectivity index (χ1n) is 9.74. The van der Waals surface area contributed by atoms with Gasteiger partial charge in [0.1, 0.15) is 12.6 Å². The first kappa shape index (κ1) is 20.7.